The van der Waals surface area contributed by atoms with Gasteiger partial charge in [-0.3, -0.25) is 4.40 Å². The number of hydrogen-bond donors (Lipinski definition) is 0. The Morgan fingerprint density at radius 1 is 1.33 bits per heavy atom. The summed E-state index contributed by atoms with van der Waals surface area (Å²) in [5, 5.41) is 8.28. The fourth-order valence-corrected chi connectivity index (χ4v) is 4.22. The molecule has 3 rings (SSSR count). The second-order valence-corrected chi connectivity index (χ2v) is 7.18. The van der Waals surface area contributed by atoms with Gasteiger partial charge in [0.1, 0.15) is 5.82 Å². The Labute approximate surface area is 106 Å². The molecule has 0 spiro atoms. The third-order valence-electron chi connectivity index (χ3n) is 3.40. The third-order valence-corrected chi connectivity index (χ3v) is 5.23. The quantitative estimate of drug-likeness (QED) is 0.780. The van der Waals surface area contributed by atoms with Gasteiger partial charge in [-0.25, -0.2) is 8.42 Å². The van der Waals surface area contributed by atoms with Crippen molar-refractivity contribution in [2.24, 2.45) is 0 Å². The summed E-state index contributed by atoms with van der Waals surface area (Å²) >= 11 is 0. The van der Waals surface area contributed by atoms with Gasteiger partial charge in [0.2, 0.25) is 0 Å². The average Bonchev–Trinajstić information content (AvgIpc) is 2.70. The predicted octanol–water partition coefficient (Wildman–Crippen LogP) is 1.33. The topological polar surface area (TPSA) is 64.3 Å². The van der Waals surface area contributed by atoms with Crippen LogP contribution in [0.1, 0.15) is 30.1 Å². The summed E-state index contributed by atoms with van der Waals surface area (Å²) in [4.78, 5) is 0. The molecule has 5 nitrogen and oxygen atoms in total. The summed E-state index contributed by atoms with van der Waals surface area (Å²) in [6.07, 6.45) is 3.55. The summed E-state index contributed by atoms with van der Waals surface area (Å²) in [7, 11) is -2.92. The minimum atomic E-state index is -2.92. The SMILES string of the molecule is Cc1ccc2nnc(C3CCCS(=O)(=O)C3)n2c1. The Morgan fingerprint density at radius 2 is 2.17 bits per heavy atom. The minimum absolute atomic E-state index is 0.0273. The highest BCUT2D eigenvalue weighted by Crippen LogP contribution is 2.27. The number of aryl methyl sites for hydroxylation is 1. The fourth-order valence-electron chi connectivity index (χ4n) is 2.52. The molecule has 0 amide bonds. The molecule has 1 fully saturated rings. The first kappa shape index (κ1) is 11.6. The van der Waals surface area contributed by atoms with Crippen molar-refractivity contribution in [1.82, 2.24) is 14.6 Å². The van der Waals surface area contributed by atoms with Crippen LogP contribution in [0.5, 0.6) is 0 Å². The lowest BCUT2D eigenvalue weighted by molar-refractivity contribution is 0.541. The van der Waals surface area contributed by atoms with Crippen LogP contribution in [0.15, 0.2) is 18.3 Å². The first-order valence-electron chi connectivity index (χ1n) is 6.07. The maximum atomic E-state index is 11.7. The molecular weight excluding hydrogens is 250 g/mol. The number of hydrogen-bond acceptors (Lipinski definition) is 4. The molecule has 18 heavy (non-hydrogen) atoms. The van der Waals surface area contributed by atoms with Crippen molar-refractivity contribution in [1.29, 1.82) is 0 Å². The van der Waals surface area contributed by atoms with E-state index in [4.69, 9.17) is 0 Å². The Hall–Kier alpha value is -1.43. The molecule has 1 aliphatic heterocycles. The lowest BCUT2D eigenvalue weighted by Gasteiger charge is -2.20. The Kier molecular flexibility index (Phi) is 2.62. The first-order chi connectivity index (χ1) is 8.55. The van der Waals surface area contributed by atoms with Gasteiger partial charge in [-0.2, -0.15) is 0 Å². The highest BCUT2D eigenvalue weighted by molar-refractivity contribution is 7.91. The molecule has 2 aromatic heterocycles. The van der Waals surface area contributed by atoms with Crippen LogP contribution in [0.2, 0.25) is 0 Å². The van der Waals surface area contributed by atoms with E-state index in [-0.39, 0.29) is 11.7 Å². The molecule has 1 saturated heterocycles. The lowest BCUT2D eigenvalue weighted by Crippen LogP contribution is -2.25. The number of nitrogens with zero attached hydrogens (tertiary/aromatic N) is 3. The highest BCUT2D eigenvalue weighted by atomic mass is 32.2. The van der Waals surface area contributed by atoms with Crippen LogP contribution in [0.3, 0.4) is 0 Å². The van der Waals surface area contributed by atoms with Crippen molar-refractivity contribution in [2.45, 2.75) is 25.7 Å². The van der Waals surface area contributed by atoms with E-state index in [0.717, 1.165) is 23.5 Å². The van der Waals surface area contributed by atoms with E-state index in [1.807, 2.05) is 29.7 Å². The van der Waals surface area contributed by atoms with Crippen molar-refractivity contribution in [3.63, 3.8) is 0 Å². The van der Waals surface area contributed by atoms with Gasteiger partial charge in [0.15, 0.2) is 15.5 Å². The van der Waals surface area contributed by atoms with E-state index in [9.17, 15) is 8.42 Å². The average molecular weight is 265 g/mol. The number of rotatable bonds is 1. The van der Waals surface area contributed by atoms with E-state index >= 15 is 0 Å². The number of fused-ring (bicyclic) bond motifs is 1. The molecule has 0 aromatic carbocycles. The summed E-state index contributed by atoms with van der Waals surface area (Å²) in [6, 6.07) is 3.88. The molecule has 96 valence electrons. The predicted molar refractivity (Wildman–Crippen MR) is 68.4 cm³/mol. The number of sulfone groups is 1. The highest BCUT2D eigenvalue weighted by Gasteiger charge is 2.29. The van der Waals surface area contributed by atoms with Crippen LogP contribution in [-0.4, -0.2) is 34.5 Å². The Bertz CT molecular complexity index is 690. The number of aromatic nitrogens is 3. The van der Waals surface area contributed by atoms with Crippen molar-refractivity contribution in [3.05, 3.63) is 29.7 Å². The van der Waals surface area contributed by atoms with Gasteiger partial charge in [-0.15, -0.1) is 10.2 Å². The van der Waals surface area contributed by atoms with Crippen LogP contribution in [-0.2, 0) is 9.84 Å². The second-order valence-electron chi connectivity index (χ2n) is 4.95. The Morgan fingerprint density at radius 3 is 2.94 bits per heavy atom. The molecular formula is C12H15N3O2S. The van der Waals surface area contributed by atoms with E-state index < -0.39 is 9.84 Å². The normalized spacial score (nSPS) is 23.3. The van der Waals surface area contributed by atoms with Crippen LogP contribution in [0.25, 0.3) is 5.65 Å². The van der Waals surface area contributed by atoms with Crippen LogP contribution in [0.4, 0.5) is 0 Å². The van der Waals surface area contributed by atoms with Gasteiger partial charge in [0.05, 0.1) is 11.5 Å². The summed E-state index contributed by atoms with van der Waals surface area (Å²) < 4.78 is 25.3. The maximum Gasteiger partial charge on any atom is 0.160 e. The Balaban J connectivity index is 2.06. The van der Waals surface area contributed by atoms with E-state index in [2.05, 4.69) is 10.2 Å². The molecule has 0 N–H and O–H groups in total. The monoisotopic (exact) mass is 265 g/mol. The standard InChI is InChI=1S/C12H15N3O2S/c1-9-4-5-11-13-14-12(15(11)7-9)10-3-2-6-18(16,17)8-10/h4-5,7,10H,2-3,6,8H2,1H3. The summed E-state index contributed by atoms with van der Waals surface area (Å²) in [5.41, 5.74) is 1.89. The van der Waals surface area contributed by atoms with Gasteiger partial charge in [0.25, 0.3) is 0 Å². The van der Waals surface area contributed by atoms with Crippen LogP contribution >= 0.6 is 0 Å². The summed E-state index contributed by atoms with van der Waals surface area (Å²) in [5.74, 6) is 1.25. The van der Waals surface area contributed by atoms with Crippen molar-refractivity contribution in [2.75, 3.05) is 11.5 Å². The molecule has 6 heteroatoms. The second kappa shape index (κ2) is 4.05. The van der Waals surface area contributed by atoms with Gasteiger partial charge < -0.3 is 0 Å². The van der Waals surface area contributed by atoms with Crippen molar-refractivity contribution < 1.29 is 8.42 Å². The molecule has 1 atom stereocenters. The minimum Gasteiger partial charge on any atom is -0.286 e. The lowest BCUT2D eigenvalue weighted by atomic mass is 10.0. The first-order valence-corrected chi connectivity index (χ1v) is 7.89. The molecule has 3 heterocycles. The maximum absolute atomic E-state index is 11.7. The van der Waals surface area contributed by atoms with Crippen LogP contribution in [0, 0.1) is 6.92 Å². The molecule has 0 aliphatic carbocycles. The fraction of sp³-hybridized carbons (Fsp3) is 0.500. The third kappa shape index (κ3) is 2.01. The summed E-state index contributed by atoms with van der Waals surface area (Å²) in [6.45, 7) is 2.00. The zero-order valence-corrected chi connectivity index (χ0v) is 11.0. The van der Waals surface area contributed by atoms with Gasteiger partial charge in [-0.05, 0) is 31.4 Å². The van der Waals surface area contributed by atoms with E-state index in [0.29, 0.717) is 12.2 Å². The molecule has 1 unspecified atom stereocenters. The molecule has 2 aromatic rings. The molecule has 0 bridgehead atoms. The van der Waals surface area contributed by atoms with Crippen molar-refractivity contribution in [3.8, 4) is 0 Å². The van der Waals surface area contributed by atoms with Crippen molar-refractivity contribution >= 4 is 15.5 Å². The molecule has 0 radical (unpaired) electrons. The van der Waals surface area contributed by atoms with Gasteiger partial charge in [0, 0.05) is 12.1 Å². The zero-order valence-electron chi connectivity index (χ0n) is 10.2. The van der Waals surface area contributed by atoms with E-state index in [1.54, 1.807) is 0 Å². The van der Waals surface area contributed by atoms with E-state index in [1.165, 1.54) is 0 Å². The number of pyridine rings is 1. The smallest absolute Gasteiger partial charge is 0.160 e. The largest absolute Gasteiger partial charge is 0.286 e. The molecule has 1 aliphatic rings. The zero-order chi connectivity index (χ0) is 12.8. The van der Waals surface area contributed by atoms with Gasteiger partial charge in [-0.1, -0.05) is 6.07 Å². The molecule has 0 saturated carbocycles. The van der Waals surface area contributed by atoms with Gasteiger partial charge >= 0.3 is 0 Å². The van der Waals surface area contributed by atoms with Crippen LogP contribution < -0.4 is 0 Å².